The molecule has 0 aliphatic carbocycles. The molecule has 0 spiro atoms. The molecule has 1 aliphatic heterocycles. The number of hydrogen-bond acceptors (Lipinski definition) is 4. The molecule has 0 saturated carbocycles. The van der Waals surface area contributed by atoms with Crippen molar-refractivity contribution in [2.45, 2.75) is 13.0 Å². The summed E-state index contributed by atoms with van der Waals surface area (Å²) in [7, 11) is 3.89. The van der Waals surface area contributed by atoms with Gasteiger partial charge in [-0.15, -0.1) is 35.3 Å². The normalized spacial score (nSPS) is 17.2. The Morgan fingerprint density at radius 1 is 1.40 bits per heavy atom. The number of thiazole rings is 1. The molecule has 1 atom stereocenters. The van der Waals surface area contributed by atoms with Crippen LogP contribution in [0.1, 0.15) is 11.4 Å². The average Bonchev–Trinajstić information content (AvgIpc) is 3.28. The van der Waals surface area contributed by atoms with Crippen molar-refractivity contribution in [1.82, 2.24) is 15.2 Å². The summed E-state index contributed by atoms with van der Waals surface area (Å²) >= 11 is 1.67. The largest absolute Gasteiger partial charge is 0.381 e. The van der Waals surface area contributed by atoms with Crippen molar-refractivity contribution >= 4 is 41.3 Å². The summed E-state index contributed by atoms with van der Waals surface area (Å²) in [6.45, 7) is 3.39. The molecule has 1 aromatic heterocycles. The average molecular weight is 472 g/mol. The number of hydrogen-bond donors (Lipinski definition) is 1. The fourth-order valence-corrected chi connectivity index (χ4v) is 3.62. The highest BCUT2D eigenvalue weighted by atomic mass is 127. The Kier molecular flexibility index (Phi) is 8.11. The number of rotatable bonds is 5. The third-order valence-electron chi connectivity index (χ3n) is 4.15. The van der Waals surface area contributed by atoms with Crippen molar-refractivity contribution in [1.29, 1.82) is 0 Å². The molecule has 1 saturated heterocycles. The number of benzene rings is 1. The van der Waals surface area contributed by atoms with Gasteiger partial charge in [0, 0.05) is 44.1 Å². The van der Waals surface area contributed by atoms with Crippen LogP contribution >= 0.6 is 35.3 Å². The standard InChI is InChI=1S/C18H24N4OS.HI/c1-19-18(22(2)11-14-8-9-23-12-14)20-10-17-21-16(13-24-17)15-6-4-3-5-7-15;/h3-7,13-14H,8-12H2,1-2H3,(H,19,20);1H. The van der Waals surface area contributed by atoms with Gasteiger partial charge in [-0.05, 0) is 6.42 Å². The van der Waals surface area contributed by atoms with Gasteiger partial charge in [0.25, 0.3) is 0 Å². The number of ether oxygens (including phenoxy) is 1. The van der Waals surface area contributed by atoms with Gasteiger partial charge in [0.1, 0.15) is 5.01 Å². The van der Waals surface area contributed by atoms with Gasteiger partial charge in [-0.2, -0.15) is 0 Å². The summed E-state index contributed by atoms with van der Waals surface area (Å²) in [5.74, 6) is 1.50. The molecule has 1 N–H and O–H groups in total. The van der Waals surface area contributed by atoms with Crippen LogP contribution in [0.5, 0.6) is 0 Å². The zero-order valence-corrected chi connectivity index (χ0v) is 17.8. The first-order valence-electron chi connectivity index (χ1n) is 8.25. The second-order valence-electron chi connectivity index (χ2n) is 6.00. The van der Waals surface area contributed by atoms with Gasteiger partial charge in [-0.1, -0.05) is 30.3 Å². The molecule has 3 rings (SSSR count). The molecule has 0 radical (unpaired) electrons. The van der Waals surface area contributed by atoms with Gasteiger partial charge in [0.15, 0.2) is 5.96 Å². The maximum atomic E-state index is 5.45. The molecule has 5 nitrogen and oxygen atoms in total. The van der Waals surface area contributed by atoms with Crippen LogP contribution in [0.25, 0.3) is 11.3 Å². The summed E-state index contributed by atoms with van der Waals surface area (Å²) < 4.78 is 5.45. The second-order valence-corrected chi connectivity index (χ2v) is 6.95. The van der Waals surface area contributed by atoms with Gasteiger partial charge < -0.3 is 15.0 Å². The van der Waals surface area contributed by atoms with E-state index in [2.05, 4.69) is 39.8 Å². The highest BCUT2D eigenvalue weighted by Crippen LogP contribution is 2.21. The minimum atomic E-state index is 0. The lowest BCUT2D eigenvalue weighted by Gasteiger charge is -2.24. The van der Waals surface area contributed by atoms with E-state index in [4.69, 9.17) is 9.72 Å². The first-order chi connectivity index (χ1) is 11.8. The van der Waals surface area contributed by atoms with E-state index in [-0.39, 0.29) is 24.0 Å². The molecule has 7 heteroatoms. The molecule has 25 heavy (non-hydrogen) atoms. The molecule has 0 bridgehead atoms. The van der Waals surface area contributed by atoms with Gasteiger partial charge in [-0.3, -0.25) is 4.99 Å². The van der Waals surface area contributed by atoms with Crippen LogP contribution < -0.4 is 5.32 Å². The van der Waals surface area contributed by atoms with Gasteiger partial charge in [0.2, 0.25) is 0 Å². The Labute approximate surface area is 170 Å². The lowest BCUT2D eigenvalue weighted by Crippen LogP contribution is -2.41. The van der Waals surface area contributed by atoms with Crippen molar-refractivity contribution in [3.05, 3.63) is 40.7 Å². The molecular formula is C18H25IN4OS. The van der Waals surface area contributed by atoms with E-state index in [0.717, 1.165) is 48.4 Å². The Morgan fingerprint density at radius 2 is 2.20 bits per heavy atom. The number of aliphatic imine (C=N–C) groups is 1. The maximum absolute atomic E-state index is 5.45. The number of guanidine groups is 1. The molecular weight excluding hydrogens is 447 g/mol. The molecule has 1 fully saturated rings. The summed E-state index contributed by atoms with van der Waals surface area (Å²) in [6, 6.07) is 10.3. The predicted octanol–water partition coefficient (Wildman–Crippen LogP) is 3.47. The number of nitrogens with zero attached hydrogens (tertiary/aromatic N) is 3. The lowest BCUT2D eigenvalue weighted by molar-refractivity contribution is 0.181. The van der Waals surface area contributed by atoms with E-state index < -0.39 is 0 Å². The van der Waals surface area contributed by atoms with Crippen LogP contribution in [0.15, 0.2) is 40.7 Å². The third-order valence-corrected chi connectivity index (χ3v) is 5.00. The predicted molar refractivity (Wildman–Crippen MR) is 115 cm³/mol. The zero-order chi connectivity index (χ0) is 16.8. The summed E-state index contributed by atoms with van der Waals surface area (Å²) in [5.41, 5.74) is 2.19. The van der Waals surface area contributed by atoms with E-state index in [1.807, 2.05) is 25.2 Å². The van der Waals surface area contributed by atoms with Crippen molar-refractivity contribution in [2.75, 3.05) is 33.9 Å². The topological polar surface area (TPSA) is 49.8 Å². The molecule has 2 aromatic rings. The highest BCUT2D eigenvalue weighted by Gasteiger charge is 2.19. The maximum Gasteiger partial charge on any atom is 0.193 e. The highest BCUT2D eigenvalue weighted by molar-refractivity contribution is 14.0. The minimum Gasteiger partial charge on any atom is -0.381 e. The lowest BCUT2D eigenvalue weighted by atomic mass is 10.1. The summed E-state index contributed by atoms with van der Waals surface area (Å²) in [4.78, 5) is 11.3. The molecule has 1 unspecified atom stereocenters. The third kappa shape index (κ3) is 5.65. The fraction of sp³-hybridized carbons (Fsp3) is 0.444. The van der Waals surface area contributed by atoms with E-state index in [0.29, 0.717) is 12.5 Å². The molecule has 1 aromatic carbocycles. The van der Waals surface area contributed by atoms with Crippen LogP contribution in [0.3, 0.4) is 0 Å². The number of aromatic nitrogens is 1. The van der Waals surface area contributed by atoms with E-state index >= 15 is 0 Å². The van der Waals surface area contributed by atoms with E-state index in [1.165, 1.54) is 0 Å². The Hall–Kier alpha value is -1.19. The smallest absolute Gasteiger partial charge is 0.193 e. The zero-order valence-electron chi connectivity index (χ0n) is 14.6. The molecule has 2 heterocycles. The summed E-state index contributed by atoms with van der Waals surface area (Å²) in [5, 5.41) is 6.58. The van der Waals surface area contributed by atoms with Gasteiger partial charge in [-0.25, -0.2) is 4.98 Å². The quantitative estimate of drug-likeness (QED) is 0.412. The number of halogens is 1. The van der Waals surface area contributed by atoms with E-state index in [1.54, 1.807) is 11.3 Å². The monoisotopic (exact) mass is 472 g/mol. The fourth-order valence-electron chi connectivity index (χ4n) is 2.87. The van der Waals surface area contributed by atoms with Crippen LogP contribution in [-0.2, 0) is 11.3 Å². The second kappa shape index (κ2) is 10.1. The molecule has 1 aliphatic rings. The minimum absolute atomic E-state index is 0. The number of nitrogens with one attached hydrogen (secondary N) is 1. The molecule has 0 amide bonds. The van der Waals surface area contributed by atoms with E-state index in [9.17, 15) is 0 Å². The first-order valence-corrected chi connectivity index (χ1v) is 9.13. The van der Waals surface area contributed by atoms with Crippen molar-refractivity contribution in [3.8, 4) is 11.3 Å². The Morgan fingerprint density at radius 3 is 2.88 bits per heavy atom. The van der Waals surface area contributed by atoms with Crippen LogP contribution in [0.4, 0.5) is 0 Å². The van der Waals surface area contributed by atoms with Crippen molar-refractivity contribution in [3.63, 3.8) is 0 Å². The van der Waals surface area contributed by atoms with Crippen LogP contribution in [0, 0.1) is 5.92 Å². The summed E-state index contributed by atoms with van der Waals surface area (Å²) in [6.07, 6.45) is 1.13. The first kappa shape index (κ1) is 20.1. The Bertz CT molecular complexity index is 671. The van der Waals surface area contributed by atoms with Crippen molar-refractivity contribution < 1.29 is 4.74 Å². The van der Waals surface area contributed by atoms with Crippen molar-refractivity contribution in [2.24, 2.45) is 10.9 Å². The molecule has 136 valence electrons. The van der Waals surface area contributed by atoms with Gasteiger partial charge >= 0.3 is 0 Å². The van der Waals surface area contributed by atoms with Gasteiger partial charge in [0.05, 0.1) is 18.8 Å². The Balaban J connectivity index is 0.00000225. The van der Waals surface area contributed by atoms with Crippen LogP contribution in [0.2, 0.25) is 0 Å². The van der Waals surface area contributed by atoms with Crippen LogP contribution in [-0.4, -0.2) is 49.7 Å². The SMILES string of the molecule is CN=C(NCc1nc(-c2ccccc2)cs1)N(C)CC1CCOC1.I.